The van der Waals surface area contributed by atoms with E-state index >= 15 is 0 Å². The summed E-state index contributed by atoms with van der Waals surface area (Å²) in [6.07, 6.45) is 1.63. The molecule has 4 rings (SSSR count). The zero-order chi connectivity index (χ0) is 21.1. The van der Waals surface area contributed by atoms with Gasteiger partial charge in [-0.05, 0) is 84.7 Å². The Labute approximate surface area is 181 Å². The number of amides is 1. The molecule has 2 aromatic carbocycles. The number of carbonyl (C=O) groups is 1. The molecule has 156 valence electrons. The number of para-hydroxylation sites is 1. The van der Waals surface area contributed by atoms with Crippen molar-refractivity contribution in [2.45, 2.75) is 33.4 Å². The van der Waals surface area contributed by atoms with Crippen LogP contribution in [0.25, 0.3) is 5.69 Å². The van der Waals surface area contributed by atoms with Gasteiger partial charge in [0, 0.05) is 24.7 Å². The first kappa shape index (κ1) is 20.4. The first-order valence-electron chi connectivity index (χ1n) is 10.2. The number of nitrogens with zero attached hydrogens (tertiary/aromatic N) is 5. The van der Waals surface area contributed by atoms with Crippen LogP contribution in [0, 0.1) is 24.5 Å². The van der Waals surface area contributed by atoms with E-state index in [1.807, 2.05) is 36.4 Å². The third-order valence-electron chi connectivity index (χ3n) is 5.71. The quantitative estimate of drug-likeness (QED) is 0.635. The first-order chi connectivity index (χ1) is 14.5. The maximum atomic E-state index is 12.5. The van der Waals surface area contributed by atoms with Crippen LogP contribution in [-0.2, 0) is 11.5 Å². The largest absolute Gasteiger partial charge is 0.326 e. The lowest BCUT2D eigenvalue weighted by Crippen LogP contribution is -2.39. The summed E-state index contributed by atoms with van der Waals surface area (Å²) in [4.78, 5) is 14.8. The normalized spacial score (nSPS) is 15.3. The fourth-order valence-corrected chi connectivity index (χ4v) is 3.91. The third-order valence-corrected chi connectivity index (χ3v) is 6.09. The maximum Gasteiger partial charge on any atom is 0.227 e. The van der Waals surface area contributed by atoms with Crippen molar-refractivity contribution in [2.75, 3.05) is 18.4 Å². The summed E-state index contributed by atoms with van der Waals surface area (Å²) in [7, 11) is 0. The van der Waals surface area contributed by atoms with Gasteiger partial charge in [-0.25, -0.2) is 4.68 Å². The van der Waals surface area contributed by atoms with Gasteiger partial charge in [0.15, 0.2) is 0 Å². The van der Waals surface area contributed by atoms with Crippen LogP contribution in [-0.4, -0.2) is 43.7 Å². The summed E-state index contributed by atoms with van der Waals surface area (Å²) in [5.74, 6) is 0.124. The van der Waals surface area contributed by atoms with Crippen LogP contribution < -0.4 is 5.32 Å². The highest BCUT2D eigenvalue weighted by Gasteiger charge is 2.25. The van der Waals surface area contributed by atoms with E-state index in [9.17, 15) is 4.79 Å². The molecule has 1 amide bonds. The molecule has 0 bridgehead atoms. The number of benzene rings is 2. The van der Waals surface area contributed by atoms with Crippen molar-refractivity contribution < 1.29 is 4.79 Å². The number of tetrazole rings is 1. The minimum Gasteiger partial charge on any atom is -0.326 e. The van der Waals surface area contributed by atoms with Crippen LogP contribution in [0.1, 0.15) is 24.0 Å². The van der Waals surface area contributed by atoms with E-state index in [0.29, 0.717) is 11.4 Å². The Kier molecular flexibility index (Phi) is 6.06. The second kappa shape index (κ2) is 8.89. The smallest absolute Gasteiger partial charge is 0.227 e. The summed E-state index contributed by atoms with van der Waals surface area (Å²) in [5, 5.41) is 11.5. The SMILES string of the molecule is Cc1ccc(-n2nnn(CN3CCC(C(=O)Nc4ccccc4)CC3)c2=S)cc1C. The standard InChI is InChI=1S/C22H26N6OS/c1-16-8-9-20(14-17(16)2)28-22(30)27(24-25-28)15-26-12-10-18(11-13-26)21(29)23-19-6-4-3-5-7-19/h3-9,14,18H,10-13,15H2,1-2H3,(H,23,29). The lowest BCUT2D eigenvalue weighted by Gasteiger charge is -2.30. The molecule has 0 radical (unpaired) electrons. The van der Waals surface area contributed by atoms with Crippen LogP contribution in [0.5, 0.6) is 0 Å². The Bertz CT molecular complexity index is 1080. The van der Waals surface area contributed by atoms with Gasteiger partial charge < -0.3 is 5.32 Å². The number of hydrogen-bond donors (Lipinski definition) is 1. The van der Waals surface area contributed by atoms with Crippen LogP contribution >= 0.6 is 12.2 Å². The van der Waals surface area contributed by atoms with Crippen LogP contribution in [0.15, 0.2) is 48.5 Å². The Morgan fingerprint density at radius 3 is 2.50 bits per heavy atom. The zero-order valence-electron chi connectivity index (χ0n) is 17.3. The number of likely N-dealkylation sites (tertiary alicyclic amines) is 1. The maximum absolute atomic E-state index is 12.5. The number of aromatic nitrogens is 4. The first-order valence-corrected chi connectivity index (χ1v) is 10.6. The zero-order valence-corrected chi connectivity index (χ0v) is 18.1. The molecule has 1 aliphatic heterocycles. The molecule has 1 saturated heterocycles. The summed E-state index contributed by atoms with van der Waals surface area (Å²) in [6, 6.07) is 15.8. The Balaban J connectivity index is 1.35. The predicted octanol–water partition coefficient (Wildman–Crippen LogP) is 3.72. The van der Waals surface area contributed by atoms with E-state index in [0.717, 1.165) is 37.3 Å². The minimum absolute atomic E-state index is 0.0284. The van der Waals surface area contributed by atoms with E-state index in [-0.39, 0.29) is 11.8 Å². The number of piperidine rings is 1. The molecule has 2 heterocycles. The van der Waals surface area contributed by atoms with Crippen molar-refractivity contribution in [1.29, 1.82) is 0 Å². The van der Waals surface area contributed by atoms with Gasteiger partial charge in [0.1, 0.15) is 0 Å². The van der Waals surface area contributed by atoms with E-state index in [4.69, 9.17) is 12.2 Å². The Morgan fingerprint density at radius 1 is 1.07 bits per heavy atom. The average molecular weight is 423 g/mol. The predicted molar refractivity (Wildman–Crippen MR) is 119 cm³/mol. The number of nitrogens with one attached hydrogen (secondary N) is 1. The second-order valence-electron chi connectivity index (χ2n) is 7.83. The van der Waals surface area contributed by atoms with E-state index in [1.165, 1.54) is 11.1 Å². The number of anilines is 1. The second-order valence-corrected chi connectivity index (χ2v) is 8.20. The van der Waals surface area contributed by atoms with E-state index in [2.05, 4.69) is 46.6 Å². The number of hydrogen-bond acceptors (Lipinski definition) is 5. The highest BCUT2D eigenvalue weighted by molar-refractivity contribution is 7.71. The molecule has 0 saturated carbocycles. The van der Waals surface area contributed by atoms with Crippen molar-refractivity contribution in [3.8, 4) is 5.69 Å². The Hall–Kier alpha value is -2.84. The van der Waals surface area contributed by atoms with Gasteiger partial charge in [0.25, 0.3) is 0 Å². The van der Waals surface area contributed by atoms with Gasteiger partial charge in [0.05, 0.1) is 12.4 Å². The van der Waals surface area contributed by atoms with Crippen molar-refractivity contribution in [3.05, 3.63) is 64.4 Å². The summed E-state index contributed by atoms with van der Waals surface area (Å²) in [5.41, 5.74) is 4.20. The highest BCUT2D eigenvalue weighted by Crippen LogP contribution is 2.20. The monoisotopic (exact) mass is 422 g/mol. The lowest BCUT2D eigenvalue weighted by molar-refractivity contribution is -0.121. The molecule has 0 spiro atoms. The van der Waals surface area contributed by atoms with Crippen LogP contribution in [0.4, 0.5) is 5.69 Å². The topological polar surface area (TPSA) is 68.0 Å². The molecular weight excluding hydrogens is 396 g/mol. The third kappa shape index (κ3) is 4.49. The van der Waals surface area contributed by atoms with E-state index < -0.39 is 0 Å². The van der Waals surface area contributed by atoms with Gasteiger partial charge >= 0.3 is 0 Å². The van der Waals surface area contributed by atoms with Crippen LogP contribution in [0.2, 0.25) is 0 Å². The molecule has 1 aromatic heterocycles. The summed E-state index contributed by atoms with van der Waals surface area (Å²) in [6.45, 7) is 6.39. The molecule has 1 aliphatic rings. The number of carbonyl (C=O) groups excluding carboxylic acids is 1. The van der Waals surface area contributed by atoms with Gasteiger partial charge in [-0.2, -0.15) is 4.68 Å². The van der Waals surface area contributed by atoms with E-state index in [1.54, 1.807) is 9.36 Å². The van der Waals surface area contributed by atoms with Gasteiger partial charge in [-0.1, -0.05) is 24.3 Å². The van der Waals surface area contributed by atoms with Gasteiger partial charge in [-0.3, -0.25) is 9.69 Å². The molecule has 30 heavy (non-hydrogen) atoms. The molecule has 7 nitrogen and oxygen atoms in total. The molecule has 3 aromatic rings. The number of aryl methyl sites for hydroxylation is 2. The highest BCUT2D eigenvalue weighted by atomic mass is 32.1. The average Bonchev–Trinajstić information content (AvgIpc) is 3.11. The fraction of sp³-hybridized carbons (Fsp3) is 0.364. The fourth-order valence-electron chi connectivity index (χ4n) is 3.67. The molecular formula is C22H26N6OS. The molecule has 0 unspecified atom stereocenters. The molecule has 1 N–H and O–H groups in total. The molecule has 0 aliphatic carbocycles. The molecule has 1 fully saturated rings. The van der Waals surface area contributed by atoms with Crippen molar-refractivity contribution >= 4 is 23.8 Å². The number of rotatable bonds is 5. The molecule has 8 heteroatoms. The molecule has 0 atom stereocenters. The van der Waals surface area contributed by atoms with Crippen LogP contribution in [0.3, 0.4) is 0 Å². The van der Waals surface area contributed by atoms with Gasteiger partial charge in [-0.15, -0.1) is 0 Å². The Morgan fingerprint density at radius 2 is 1.80 bits per heavy atom. The summed E-state index contributed by atoms with van der Waals surface area (Å²) < 4.78 is 4.01. The van der Waals surface area contributed by atoms with Crippen molar-refractivity contribution in [1.82, 2.24) is 24.7 Å². The van der Waals surface area contributed by atoms with Crippen molar-refractivity contribution in [2.24, 2.45) is 5.92 Å². The minimum atomic E-state index is 0.0284. The van der Waals surface area contributed by atoms with Gasteiger partial charge in [0.2, 0.25) is 10.7 Å². The summed E-state index contributed by atoms with van der Waals surface area (Å²) >= 11 is 5.60. The lowest BCUT2D eigenvalue weighted by atomic mass is 9.96. The van der Waals surface area contributed by atoms with Crippen molar-refractivity contribution in [3.63, 3.8) is 0 Å².